The van der Waals surface area contributed by atoms with Crippen molar-refractivity contribution in [3.63, 3.8) is 0 Å². The van der Waals surface area contributed by atoms with E-state index in [1.807, 2.05) is 0 Å². The molecule has 0 saturated carbocycles. The minimum atomic E-state index is -4.64. The van der Waals surface area contributed by atoms with E-state index < -0.39 is 19.8 Å². The van der Waals surface area contributed by atoms with Crippen LogP contribution in [0.3, 0.4) is 0 Å². The Morgan fingerprint density at radius 3 is 1.06 bits per heavy atom. The van der Waals surface area contributed by atoms with Crippen molar-refractivity contribution in [1.29, 1.82) is 0 Å². The van der Waals surface area contributed by atoms with Gasteiger partial charge in [0.25, 0.3) is 0 Å². The topological polar surface area (TPSA) is 152 Å². The molecule has 0 aliphatic carbocycles. The number of aliphatic carboxylic acids is 2. The maximum absolute atomic E-state index is 9.55. The molecule has 0 spiro atoms. The molecule has 0 rings (SSSR count). The van der Waals surface area contributed by atoms with Crippen LogP contribution in [0, 0.1) is 0 Å². The maximum atomic E-state index is 9.55. The van der Waals surface area contributed by atoms with Gasteiger partial charge in [-0.25, -0.2) is 14.2 Å². The second-order valence-electron chi connectivity index (χ2n) is 1.52. The zero-order valence-electron chi connectivity index (χ0n) is 14.2. The van der Waals surface area contributed by atoms with Crippen LogP contribution in [0.15, 0.2) is 12.2 Å². The van der Waals surface area contributed by atoms with Crippen LogP contribution in [0.5, 0.6) is 0 Å². The predicted molar refractivity (Wildman–Crippen MR) is 62.6 cm³/mol. The first-order chi connectivity index (χ1) is 5.63. The molecule has 0 aromatic carbocycles. The molecule has 0 saturated heterocycles. The van der Waals surface area contributed by atoms with Crippen molar-refractivity contribution in [2.24, 2.45) is 0 Å². The van der Waals surface area contributed by atoms with Gasteiger partial charge in [-0.15, -0.1) is 0 Å². The number of hydrogen-bond acceptors (Lipinski definition) is 3. The monoisotopic (exact) mass is 340 g/mol. The Balaban J connectivity index is -0.00000000899. The second kappa shape index (κ2) is 17.6. The molecule has 0 aromatic rings. The van der Waals surface area contributed by atoms with Gasteiger partial charge in [0.05, 0.1) is 0 Å². The fraction of sp³-hybridized carbons (Fsp3) is 0. The molecule has 0 aliphatic heterocycles. The van der Waals surface area contributed by atoms with Crippen LogP contribution in [-0.4, -0.2) is 150 Å². The molecule has 0 radical (unpaired) electrons. The summed E-state index contributed by atoms with van der Waals surface area (Å²) in [6.45, 7) is 0. The Hall–Kier alpha value is 2.57. The first kappa shape index (κ1) is 31.1. The minimum Gasteiger partial charge on any atom is -1.00 e. The Kier molecular flexibility index (Phi) is 34.2. The van der Waals surface area contributed by atoms with Crippen molar-refractivity contribution in [3.05, 3.63) is 12.2 Å². The molecule has 0 unspecified atom stereocenters. The standard InChI is InChI=1S/C4H4O4.3Ca.H3O4P.6H/c5-3(6)1-2-4(7)8;;;;1-5(2,3)4;;;;;;/h1-2H,(H,5,6)(H,7,8);;;;(H3,1,2,3,4);;;;;;/q;3*+2;;6*-1. The molecule has 0 atom stereocenters. The van der Waals surface area contributed by atoms with Crippen molar-refractivity contribution in [2.75, 3.05) is 0 Å². The molecular formula is C4H13Ca3O8P. The summed E-state index contributed by atoms with van der Waals surface area (Å²) in [4.78, 5) is 40.7. The van der Waals surface area contributed by atoms with E-state index in [4.69, 9.17) is 29.5 Å². The Bertz CT molecular complexity index is 254. The normalized spacial score (nSPS) is 8.44. The van der Waals surface area contributed by atoms with Crippen molar-refractivity contribution in [2.45, 2.75) is 0 Å². The van der Waals surface area contributed by atoms with E-state index >= 15 is 0 Å². The first-order valence-electron chi connectivity index (χ1n) is 2.55. The average Bonchev–Trinajstić information content (AvgIpc) is 1.79. The van der Waals surface area contributed by atoms with Gasteiger partial charge in [-0.1, -0.05) is 0 Å². The van der Waals surface area contributed by atoms with Gasteiger partial charge in [-0.3, -0.25) is 0 Å². The molecule has 0 heterocycles. The predicted octanol–water partition coefficient (Wildman–Crippen LogP) is -1.68. The SMILES string of the molecule is O=C(O)C=CC(=O)O.O=P(O)(O)O.[Ca+2].[Ca+2].[Ca+2].[H-].[H-].[H-].[H-].[H-].[H-]. The summed E-state index contributed by atoms with van der Waals surface area (Å²) < 4.78 is 8.88. The van der Waals surface area contributed by atoms with Gasteiger partial charge in [-0.2, -0.15) is 0 Å². The van der Waals surface area contributed by atoms with Gasteiger partial charge >= 0.3 is 133 Å². The van der Waals surface area contributed by atoms with Gasteiger partial charge in [-0.05, 0) is 0 Å². The van der Waals surface area contributed by atoms with Crippen molar-refractivity contribution >= 4 is 133 Å². The third-order valence-corrected chi connectivity index (χ3v) is 0.368. The average molecular weight is 340 g/mol. The fourth-order valence-electron chi connectivity index (χ4n) is 0.143. The molecule has 12 heteroatoms. The number of carboxylic acids is 2. The van der Waals surface area contributed by atoms with Gasteiger partial charge in [0.1, 0.15) is 0 Å². The van der Waals surface area contributed by atoms with Crippen LogP contribution in [0.25, 0.3) is 0 Å². The second-order valence-corrected chi connectivity index (χ2v) is 2.55. The molecule has 0 amide bonds. The quantitative estimate of drug-likeness (QED) is 0.227. The zero-order valence-corrected chi connectivity index (χ0v) is 15.7. The van der Waals surface area contributed by atoms with E-state index in [2.05, 4.69) is 0 Å². The van der Waals surface area contributed by atoms with E-state index in [0.29, 0.717) is 12.2 Å². The Labute approximate surface area is 189 Å². The summed E-state index contributed by atoms with van der Waals surface area (Å²) in [5.74, 6) is -2.51. The van der Waals surface area contributed by atoms with Crippen LogP contribution >= 0.6 is 7.82 Å². The van der Waals surface area contributed by atoms with Gasteiger partial charge in [0.15, 0.2) is 0 Å². The fourth-order valence-corrected chi connectivity index (χ4v) is 0.143. The third-order valence-electron chi connectivity index (χ3n) is 0.368. The molecule has 8 nitrogen and oxygen atoms in total. The molecule has 5 N–H and O–H groups in total. The molecule has 16 heavy (non-hydrogen) atoms. The van der Waals surface area contributed by atoms with Crippen LogP contribution < -0.4 is 0 Å². The smallest absolute Gasteiger partial charge is 1.00 e. The number of carbonyl (C=O) groups is 2. The molecule has 0 aliphatic rings. The van der Waals surface area contributed by atoms with Gasteiger partial charge in [0, 0.05) is 12.2 Å². The molecule has 0 fully saturated rings. The summed E-state index contributed by atoms with van der Waals surface area (Å²) in [5, 5.41) is 15.6. The van der Waals surface area contributed by atoms with E-state index in [1.54, 1.807) is 0 Å². The zero-order chi connectivity index (χ0) is 11.1. The number of carboxylic acid groups (broad SMARTS) is 2. The first-order valence-corrected chi connectivity index (χ1v) is 4.11. The van der Waals surface area contributed by atoms with Crippen LogP contribution in [0.2, 0.25) is 0 Å². The summed E-state index contributed by atoms with van der Waals surface area (Å²) >= 11 is 0. The molecule has 0 bridgehead atoms. The van der Waals surface area contributed by atoms with Gasteiger partial charge < -0.3 is 33.5 Å². The third kappa shape index (κ3) is 70.1. The Morgan fingerprint density at radius 2 is 1.00 bits per heavy atom. The van der Waals surface area contributed by atoms with E-state index in [9.17, 15) is 9.59 Å². The maximum Gasteiger partial charge on any atom is 2.00 e. The summed E-state index contributed by atoms with van der Waals surface area (Å²) in [6.07, 6.45) is 1.12. The van der Waals surface area contributed by atoms with E-state index in [1.165, 1.54) is 0 Å². The largest absolute Gasteiger partial charge is 2.00 e. The number of phosphoric acid groups is 1. The number of hydrogen-bond donors (Lipinski definition) is 5. The van der Waals surface area contributed by atoms with Crippen molar-refractivity contribution in [3.8, 4) is 0 Å². The Morgan fingerprint density at radius 1 is 0.875 bits per heavy atom. The minimum absolute atomic E-state index is 0. The molecule has 88 valence electrons. The van der Waals surface area contributed by atoms with E-state index in [-0.39, 0.29) is 122 Å². The van der Waals surface area contributed by atoms with Crippen LogP contribution in [-0.2, 0) is 14.2 Å². The van der Waals surface area contributed by atoms with Crippen LogP contribution in [0.4, 0.5) is 0 Å². The van der Waals surface area contributed by atoms with E-state index in [0.717, 1.165) is 0 Å². The summed E-state index contributed by atoms with van der Waals surface area (Å²) in [6, 6.07) is 0. The van der Waals surface area contributed by atoms with Gasteiger partial charge in [0.2, 0.25) is 0 Å². The van der Waals surface area contributed by atoms with Crippen LogP contribution in [0.1, 0.15) is 8.56 Å². The molecule has 0 aromatic heterocycles. The van der Waals surface area contributed by atoms with Crippen molar-refractivity contribution in [1.82, 2.24) is 0 Å². The molecular weight excluding hydrogens is 327 g/mol. The summed E-state index contributed by atoms with van der Waals surface area (Å²) in [5.41, 5.74) is 0. The summed E-state index contributed by atoms with van der Waals surface area (Å²) in [7, 11) is -4.64. The number of rotatable bonds is 2. The van der Waals surface area contributed by atoms with Crippen molar-refractivity contribution < 1.29 is 47.6 Å².